The molecule has 0 unspecified atom stereocenters. The zero-order valence-electron chi connectivity index (χ0n) is 9.35. The van der Waals surface area contributed by atoms with E-state index < -0.39 is 25.1 Å². The van der Waals surface area contributed by atoms with E-state index in [2.05, 4.69) is 20.7 Å². The van der Waals surface area contributed by atoms with Crippen LogP contribution in [0.2, 0.25) is 0 Å². The highest BCUT2D eigenvalue weighted by Gasteiger charge is 2.46. The summed E-state index contributed by atoms with van der Waals surface area (Å²) in [5, 5.41) is 0.0621. The van der Waals surface area contributed by atoms with Gasteiger partial charge in [-0.2, -0.15) is 0 Å². The first-order chi connectivity index (χ1) is 7.79. The summed E-state index contributed by atoms with van der Waals surface area (Å²) < 4.78 is 49.4. The second kappa shape index (κ2) is 4.47. The second-order valence-corrected chi connectivity index (χ2v) is 9.74. The van der Waals surface area contributed by atoms with Gasteiger partial charge in [0.25, 0.3) is 0 Å². The molecule has 1 saturated heterocycles. The summed E-state index contributed by atoms with van der Waals surface area (Å²) in [6.45, 7) is 0. The predicted octanol–water partition coefficient (Wildman–Crippen LogP) is 0.411. The summed E-state index contributed by atoms with van der Waals surface area (Å²) in [5.74, 6) is -0.0280. The van der Waals surface area contributed by atoms with Gasteiger partial charge in [0, 0.05) is 10.9 Å². The Bertz CT molecular complexity index is 481. The molecule has 8 heteroatoms. The largest absolute Gasteiger partial charge is 0.229 e. The zero-order valence-corrected chi connectivity index (χ0v) is 12.6. The first-order valence-electron chi connectivity index (χ1n) is 5.58. The van der Waals surface area contributed by atoms with Gasteiger partial charge in [0.1, 0.15) is 9.84 Å². The van der Waals surface area contributed by atoms with Crippen LogP contribution in [0.5, 0.6) is 0 Å². The highest BCUT2D eigenvalue weighted by atomic mass is 79.9. The molecule has 0 aromatic carbocycles. The number of alkyl halides is 1. The molecule has 0 spiro atoms. The molecule has 0 radical (unpaired) electrons. The maximum atomic E-state index is 12.1. The van der Waals surface area contributed by atoms with Crippen molar-refractivity contribution in [3.05, 3.63) is 0 Å². The van der Waals surface area contributed by atoms with Crippen LogP contribution < -0.4 is 4.72 Å². The molecule has 1 saturated carbocycles. The Kier molecular flexibility index (Phi) is 3.62. The van der Waals surface area contributed by atoms with Crippen molar-refractivity contribution in [1.29, 1.82) is 0 Å². The van der Waals surface area contributed by atoms with Crippen molar-refractivity contribution in [3.63, 3.8) is 0 Å². The van der Waals surface area contributed by atoms with E-state index in [1.54, 1.807) is 0 Å². The minimum atomic E-state index is -3.39. The molecule has 1 heterocycles. The van der Waals surface area contributed by atoms with Crippen LogP contribution >= 0.6 is 15.9 Å². The standard InChI is InChI=1S/C9H16BrNO4S2/c10-7-9(3-4-9)11-17(14,15)8-1-5-16(12,13)6-2-8/h8,11H,1-7H2. The van der Waals surface area contributed by atoms with Crippen LogP contribution in [0.4, 0.5) is 0 Å². The molecule has 0 amide bonds. The summed E-state index contributed by atoms with van der Waals surface area (Å²) in [6.07, 6.45) is 2.14. The van der Waals surface area contributed by atoms with E-state index in [9.17, 15) is 16.8 Å². The molecule has 0 aromatic heterocycles. The third-order valence-corrected chi connectivity index (χ3v) is 8.26. The summed E-state index contributed by atoms with van der Waals surface area (Å²) in [5.41, 5.74) is -0.310. The highest BCUT2D eigenvalue weighted by molar-refractivity contribution is 9.09. The van der Waals surface area contributed by atoms with Crippen molar-refractivity contribution < 1.29 is 16.8 Å². The molecule has 1 aliphatic heterocycles. The van der Waals surface area contributed by atoms with Gasteiger partial charge in [-0.3, -0.25) is 0 Å². The Labute approximate surface area is 110 Å². The Hall–Kier alpha value is 0.340. The Morgan fingerprint density at radius 3 is 2.18 bits per heavy atom. The van der Waals surface area contributed by atoms with Crippen molar-refractivity contribution >= 4 is 35.8 Å². The van der Waals surface area contributed by atoms with Gasteiger partial charge in [0.15, 0.2) is 0 Å². The summed E-state index contributed by atoms with van der Waals surface area (Å²) >= 11 is 3.31. The molecule has 100 valence electrons. The first-order valence-corrected chi connectivity index (χ1v) is 10.1. The lowest BCUT2D eigenvalue weighted by Gasteiger charge is -2.24. The van der Waals surface area contributed by atoms with Crippen LogP contribution in [0, 0.1) is 0 Å². The SMILES string of the molecule is O=S1(=O)CCC(S(=O)(=O)NC2(CBr)CC2)CC1. The van der Waals surface area contributed by atoms with E-state index in [1.165, 1.54) is 0 Å². The van der Waals surface area contributed by atoms with Crippen molar-refractivity contribution in [2.75, 3.05) is 16.8 Å². The predicted molar refractivity (Wildman–Crippen MR) is 69.5 cm³/mol. The Morgan fingerprint density at radius 1 is 1.24 bits per heavy atom. The third kappa shape index (κ3) is 3.21. The lowest BCUT2D eigenvalue weighted by molar-refractivity contribution is 0.529. The Morgan fingerprint density at radius 2 is 1.76 bits per heavy atom. The molecule has 1 aliphatic carbocycles. The van der Waals surface area contributed by atoms with E-state index >= 15 is 0 Å². The maximum Gasteiger partial charge on any atom is 0.215 e. The van der Waals surface area contributed by atoms with Crippen LogP contribution in [0.15, 0.2) is 0 Å². The normalized spacial score (nSPS) is 27.8. The van der Waals surface area contributed by atoms with Crippen molar-refractivity contribution in [2.45, 2.75) is 36.5 Å². The molecule has 2 fully saturated rings. The maximum absolute atomic E-state index is 12.1. The first kappa shape index (κ1) is 13.8. The number of halogens is 1. The van der Waals surface area contributed by atoms with E-state index in [-0.39, 0.29) is 29.9 Å². The fourth-order valence-electron chi connectivity index (χ4n) is 1.98. The molecular formula is C9H16BrNO4S2. The van der Waals surface area contributed by atoms with Gasteiger partial charge in [-0.15, -0.1) is 0 Å². The number of nitrogens with one attached hydrogen (secondary N) is 1. The quantitative estimate of drug-likeness (QED) is 0.748. The zero-order chi connectivity index (χ0) is 12.7. The molecule has 0 aromatic rings. The van der Waals surface area contributed by atoms with Crippen molar-refractivity contribution in [1.82, 2.24) is 4.72 Å². The van der Waals surface area contributed by atoms with E-state index in [1.807, 2.05) is 0 Å². The van der Waals surface area contributed by atoms with Gasteiger partial charge < -0.3 is 0 Å². The van der Waals surface area contributed by atoms with E-state index in [4.69, 9.17) is 0 Å². The minimum Gasteiger partial charge on any atom is -0.229 e. The molecule has 2 aliphatic rings. The van der Waals surface area contributed by atoms with Crippen LogP contribution in [0.3, 0.4) is 0 Å². The monoisotopic (exact) mass is 345 g/mol. The van der Waals surface area contributed by atoms with Crippen LogP contribution in [-0.2, 0) is 19.9 Å². The van der Waals surface area contributed by atoms with E-state index in [0.29, 0.717) is 5.33 Å². The van der Waals surface area contributed by atoms with Crippen LogP contribution in [0.1, 0.15) is 25.7 Å². The fourth-order valence-corrected chi connectivity index (χ4v) is 6.56. The average Bonchev–Trinajstić information content (AvgIpc) is 2.97. The van der Waals surface area contributed by atoms with Crippen LogP contribution in [0.25, 0.3) is 0 Å². The van der Waals surface area contributed by atoms with Gasteiger partial charge in [0.2, 0.25) is 10.0 Å². The van der Waals surface area contributed by atoms with Gasteiger partial charge in [-0.25, -0.2) is 21.6 Å². The van der Waals surface area contributed by atoms with Gasteiger partial charge in [-0.05, 0) is 25.7 Å². The number of rotatable bonds is 4. The number of hydrogen-bond acceptors (Lipinski definition) is 4. The molecule has 17 heavy (non-hydrogen) atoms. The molecule has 2 rings (SSSR count). The summed E-state index contributed by atoms with van der Waals surface area (Å²) in [4.78, 5) is 0. The molecule has 5 nitrogen and oxygen atoms in total. The van der Waals surface area contributed by atoms with Gasteiger partial charge in [-0.1, -0.05) is 15.9 Å². The smallest absolute Gasteiger partial charge is 0.215 e. The highest BCUT2D eigenvalue weighted by Crippen LogP contribution is 2.38. The lowest BCUT2D eigenvalue weighted by Crippen LogP contribution is -2.46. The average molecular weight is 346 g/mol. The van der Waals surface area contributed by atoms with Crippen LogP contribution in [-0.4, -0.2) is 44.5 Å². The van der Waals surface area contributed by atoms with Crippen molar-refractivity contribution in [2.24, 2.45) is 0 Å². The Balaban J connectivity index is 2.02. The lowest BCUT2D eigenvalue weighted by atomic mass is 10.2. The molecule has 0 bridgehead atoms. The fraction of sp³-hybridized carbons (Fsp3) is 1.00. The minimum absolute atomic E-state index is 0.0140. The van der Waals surface area contributed by atoms with Crippen molar-refractivity contribution in [3.8, 4) is 0 Å². The van der Waals surface area contributed by atoms with E-state index in [0.717, 1.165) is 12.8 Å². The molecule has 1 N–H and O–H groups in total. The number of hydrogen-bond donors (Lipinski definition) is 1. The van der Waals surface area contributed by atoms with Gasteiger partial charge in [0.05, 0.1) is 16.8 Å². The molecular weight excluding hydrogens is 330 g/mol. The summed E-state index contributed by atoms with van der Waals surface area (Å²) in [6, 6.07) is 0. The van der Waals surface area contributed by atoms with Gasteiger partial charge >= 0.3 is 0 Å². The topological polar surface area (TPSA) is 80.3 Å². The summed E-state index contributed by atoms with van der Waals surface area (Å²) in [7, 11) is -6.40. The number of sulfonamides is 1. The second-order valence-electron chi connectivity index (χ2n) is 4.91. The molecule has 0 atom stereocenters. The number of sulfone groups is 1. The third-order valence-electron chi connectivity index (χ3n) is 3.41.